The summed E-state index contributed by atoms with van der Waals surface area (Å²) in [5.74, 6) is 2.66. The lowest BCUT2D eigenvalue weighted by Crippen LogP contribution is -2.25. The molecular formula is C30H35N3O3. The third-order valence-corrected chi connectivity index (χ3v) is 6.47. The molecule has 0 bridgehead atoms. The Kier molecular flexibility index (Phi) is 8.61. The monoisotopic (exact) mass is 485 g/mol. The van der Waals surface area contributed by atoms with Crippen molar-refractivity contribution >= 4 is 16.9 Å². The van der Waals surface area contributed by atoms with Gasteiger partial charge in [0.15, 0.2) is 0 Å². The number of amides is 1. The minimum atomic E-state index is -0.0741. The fourth-order valence-electron chi connectivity index (χ4n) is 4.22. The Hall–Kier alpha value is -3.80. The van der Waals surface area contributed by atoms with Crippen LogP contribution in [-0.2, 0) is 13.0 Å². The average molecular weight is 486 g/mol. The van der Waals surface area contributed by atoms with Gasteiger partial charge in [-0.3, -0.25) is 4.79 Å². The van der Waals surface area contributed by atoms with Crippen LogP contribution in [-0.4, -0.2) is 35.7 Å². The van der Waals surface area contributed by atoms with Crippen molar-refractivity contribution in [2.75, 3.05) is 20.3 Å². The SMILES string of the molecule is COc1ccc(C(=O)NCCCc2nc3ccccc3n2CCCCOc2ccc(C)c(C)c2)cc1. The molecule has 1 N–H and O–H groups in total. The number of methoxy groups -OCH3 is 1. The van der Waals surface area contributed by atoms with Crippen molar-refractivity contribution in [2.45, 2.75) is 46.1 Å². The molecule has 188 valence electrons. The molecular weight excluding hydrogens is 450 g/mol. The number of nitrogens with zero attached hydrogens (tertiary/aromatic N) is 2. The molecule has 0 saturated heterocycles. The van der Waals surface area contributed by atoms with Crippen LogP contribution >= 0.6 is 0 Å². The van der Waals surface area contributed by atoms with E-state index >= 15 is 0 Å². The summed E-state index contributed by atoms with van der Waals surface area (Å²) in [6.45, 7) is 6.41. The lowest BCUT2D eigenvalue weighted by Gasteiger charge is -2.11. The number of carbonyl (C=O) groups excluding carboxylic acids is 1. The van der Waals surface area contributed by atoms with Gasteiger partial charge in [0.05, 0.1) is 24.8 Å². The van der Waals surface area contributed by atoms with Crippen LogP contribution in [0.2, 0.25) is 0 Å². The second-order valence-electron chi connectivity index (χ2n) is 9.06. The minimum Gasteiger partial charge on any atom is -0.497 e. The molecule has 1 heterocycles. The second-order valence-corrected chi connectivity index (χ2v) is 9.06. The first-order valence-electron chi connectivity index (χ1n) is 12.6. The van der Waals surface area contributed by atoms with Crippen molar-refractivity contribution in [3.63, 3.8) is 0 Å². The van der Waals surface area contributed by atoms with Gasteiger partial charge in [-0.05, 0) is 92.8 Å². The maximum atomic E-state index is 12.4. The van der Waals surface area contributed by atoms with Crippen LogP contribution in [0.3, 0.4) is 0 Å². The van der Waals surface area contributed by atoms with E-state index in [2.05, 4.69) is 54.1 Å². The molecule has 0 aliphatic rings. The summed E-state index contributed by atoms with van der Waals surface area (Å²) in [5, 5.41) is 3.01. The van der Waals surface area contributed by atoms with E-state index in [1.807, 2.05) is 12.1 Å². The van der Waals surface area contributed by atoms with E-state index in [1.54, 1.807) is 31.4 Å². The van der Waals surface area contributed by atoms with Gasteiger partial charge in [0.2, 0.25) is 0 Å². The molecule has 3 aromatic carbocycles. The van der Waals surface area contributed by atoms with Gasteiger partial charge in [0, 0.05) is 25.1 Å². The van der Waals surface area contributed by atoms with Crippen molar-refractivity contribution in [1.29, 1.82) is 0 Å². The van der Waals surface area contributed by atoms with Gasteiger partial charge in [-0.25, -0.2) is 4.98 Å². The van der Waals surface area contributed by atoms with Gasteiger partial charge in [-0.1, -0.05) is 18.2 Å². The van der Waals surface area contributed by atoms with E-state index in [1.165, 1.54) is 11.1 Å². The number of para-hydroxylation sites is 2. The molecule has 0 saturated carbocycles. The number of hydrogen-bond donors (Lipinski definition) is 1. The molecule has 0 radical (unpaired) electrons. The summed E-state index contributed by atoms with van der Waals surface area (Å²) in [5.41, 5.74) is 5.33. The summed E-state index contributed by atoms with van der Waals surface area (Å²) in [4.78, 5) is 17.3. The number of imidazole rings is 1. The Balaban J connectivity index is 1.28. The summed E-state index contributed by atoms with van der Waals surface area (Å²) in [6.07, 6.45) is 3.60. The maximum absolute atomic E-state index is 12.4. The highest BCUT2D eigenvalue weighted by Gasteiger charge is 2.11. The largest absolute Gasteiger partial charge is 0.497 e. The first-order chi connectivity index (χ1) is 17.5. The zero-order chi connectivity index (χ0) is 25.3. The first-order valence-corrected chi connectivity index (χ1v) is 12.6. The van der Waals surface area contributed by atoms with Crippen molar-refractivity contribution in [3.05, 3.63) is 89.2 Å². The number of unbranched alkanes of at least 4 members (excludes halogenated alkanes) is 1. The molecule has 0 aliphatic carbocycles. The van der Waals surface area contributed by atoms with Crippen LogP contribution in [0.25, 0.3) is 11.0 Å². The summed E-state index contributed by atoms with van der Waals surface area (Å²) >= 11 is 0. The predicted molar refractivity (Wildman–Crippen MR) is 144 cm³/mol. The van der Waals surface area contributed by atoms with Crippen molar-refractivity contribution in [2.24, 2.45) is 0 Å². The molecule has 4 aromatic rings. The molecule has 1 amide bonds. The fraction of sp³-hybridized carbons (Fsp3) is 0.333. The van der Waals surface area contributed by atoms with Crippen LogP contribution < -0.4 is 14.8 Å². The van der Waals surface area contributed by atoms with E-state index in [0.29, 0.717) is 18.7 Å². The Morgan fingerprint density at radius 3 is 2.47 bits per heavy atom. The fourth-order valence-corrected chi connectivity index (χ4v) is 4.22. The highest BCUT2D eigenvalue weighted by molar-refractivity contribution is 5.94. The highest BCUT2D eigenvalue weighted by atomic mass is 16.5. The lowest BCUT2D eigenvalue weighted by molar-refractivity contribution is 0.0953. The number of fused-ring (bicyclic) bond motifs is 1. The first kappa shape index (κ1) is 25.3. The Bertz CT molecular complexity index is 1290. The standard InChI is InChI=1S/C30H35N3O3/c1-22-12-15-26(21-23(22)2)36-20-7-6-19-33-28-10-5-4-9-27(28)32-29(33)11-8-18-31-30(34)24-13-16-25(35-3)17-14-24/h4-5,9-10,12-17,21H,6-8,11,18-20H2,1-3H3,(H,31,34). The van der Waals surface area contributed by atoms with Crippen LogP contribution in [0.4, 0.5) is 0 Å². The van der Waals surface area contributed by atoms with Crippen molar-refractivity contribution in [1.82, 2.24) is 14.9 Å². The summed E-state index contributed by atoms with van der Waals surface area (Å²) < 4.78 is 13.4. The third-order valence-electron chi connectivity index (χ3n) is 6.47. The van der Waals surface area contributed by atoms with Crippen LogP contribution in [0.5, 0.6) is 11.5 Å². The Labute approximate surface area is 213 Å². The van der Waals surface area contributed by atoms with E-state index < -0.39 is 0 Å². The number of aryl methyl sites for hydroxylation is 4. The quantitative estimate of drug-likeness (QED) is 0.254. The van der Waals surface area contributed by atoms with Gasteiger partial charge in [0.1, 0.15) is 17.3 Å². The number of rotatable bonds is 12. The average Bonchev–Trinajstić information content (AvgIpc) is 3.25. The molecule has 6 nitrogen and oxygen atoms in total. The van der Waals surface area contributed by atoms with Gasteiger partial charge >= 0.3 is 0 Å². The predicted octanol–water partition coefficient (Wildman–Crippen LogP) is 5.88. The number of ether oxygens (including phenoxy) is 2. The van der Waals surface area contributed by atoms with Crippen molar-refractivity contribution in [3.8, 4) is 11.5 Å². The minimum absolute atomic E-state index is 0.0741. The maximum Gasteiger partial charge on any atom is 0.251 e. The van der Waals surface area contributed by atoms with Crippen LogP contribution in [0.1, 0.15) is 46.6 Å². The number of hydrogen-bond acceptors (Lipinski definition) is 4. The number of carbonyl (C=O) groups is 1. The van der Waals surface area contributed by atoms with Crippen LogP contribution in [0, 0.1) is 13.8 Å². The number of benzene rings is 3. The summed E-state index contributed by atoms with van der Waals surface area (Å²) in [7, 11) is 1.61. The zero-order valence-electron chi connectivity index (χ0n) is 21.4. The van der Waals surface area contributed by atoms with E-state index in [9.17, 15) is 4.79 Å². The molecule has 0 atom stereocenters. The zero-order valence-corrected chi connectivity index (χ0v) is 21.4. The smallest absolute Gasteiger partial charge is 0.251 e. The highest BCUT2D eigenvalue weighted by Crippen LogP contribution is 2.19. The van der Waals surface area contributed by atoms with E-state index in [4.69, 9.17) is 14.5 Å². The number of nitrogens with one attached hydrogen (secondary N) is 1. The van der Waals surface area contributed by atoms with Gasteiger partial charge < -0.3 is 19.4 Å². The second kappa shape index (κ2) is 12.2. The van der Waals surface area contributed by atoms with Gasteiger partial charge in [0.25, 0.3) is 5.91 Å². The molecule has 0 fully saturated rings. The third kappa shape index (κ3) is 6.45. The summed E-state index contributed by atoms with van der Waals surface area (Å²) in [6, 6.07) is 21.7. The number of aromatic nitrogens is 2. The molecule has 1 aromatic heterocycles. The van der Waals surface area contributed by atoms with Gasteiger partial charge in [-0.2, -0.15) is 0 Å². The van der Waals surface area contributed by atoms with Crippen LogP contribution in [0.15, 0.2) is 66.7 Å². The van der Waals surface area contributed by atoms with E-state index in [-0.39, 0.29) is 5.91 Å². The van der Waals surface area contributed by atoms with E-state index in [0.717, 1.165) is 60.6 Å². The lowest BCUT2D eigenvalue weighted by atomic mass is 10.1. The molecule has 0 aliphatic heterocycles. The normalized spacial score (nSPS) is 11.0. The Morgan fingerprint density at radius 1 is 0.917 bits per heavy atom. The molecule has 36 heavy (non-hydrogen) atoms. The molecule has 0 spiro atoms. The topological polar surface area (TPSA) is 65.4 Å². The molecule has 0 unspecified atom stereocenters. The molecule has 4 rings (SSSR count). The molecule has 6 heteroatoms. The van der Waals surface area contributed by atoms with Crippen molar-refractivity contribution < 1.29 is 14.3 Å². The Morgan fingerprint density at radius 2 is 1.69 bits per heavy atom. The van der Waals surface area contributed by atoms with Gasteiger partial charge in [-0.15, -0.1) is 0 Å².